The molecule has 0 radical (unpaired) electrons. The van der Waals surface area contributed by atoms with Crippen molar-refractivity contribution < 1.29 is 13.2 Å². The average Bonchev–Trinajstić information content (AvgIpc) is 2.85. The molecule has 0 amide bonds. The van der Waals surface area contributed by atoms with Gasteiger partial charge in [0, 0.05) is 38.7 Å². The van der Waals surface area contributed by atoms with E-state index in [0.717, 1.165) is 32.0 Å². The van der Waals surface area contributed by atoms with Crippen LogP contribution in [0.1, 0.15) is 24.3 Å². The van der Waals surface area contributed by atoms with Crippen molar-refractivity contribution in [3.05, 3.63) is 41.3 Å². The minimum Gasteiger partial charge on any atom is -0.408 e. The molecule has 0 atom stereocenters. The van der Waals surface area contributed by atoms with E-state index in [-0.39, 0.29) is 6.04 Å². The van der Waals surface area contributed by atoms with Crippen LogP contribution in [0.3, 0.4) is 0 Å². The summed E-state index contributed by atoms with van der Waals surface area (Å²) >= 11 is 0. The third kappa shape index (κ3) is 3.79. The third-order valence-corrected chi connectivity index (χ3v) is 3.77. The van der Waals surface area contributed by atoms with Crippen LogP contribution in [-0.4, -0.2) is 34.2 Å². The first kappa shape index (κ1) is 14.9. The van der Waals surface area contributed by atoms with Crippen LogP contribution in [0.25, 0.3) is 0 Å². The van der Waals surface area contributed by atoms with E-state index in [1.165, 1.54) is 12.1 Å². The molecule has 1 aromatic carbocycles. The molecule has 2 aromatic rings. The summed E-state index contributed by atoms with van der Waals surface area (Å²) in [6, 6.07) is 4.39. The largest absolute Gasteiger partial charge is 0.408 e. The summed E-state index contributed by atoms with van der Waals surface area (Å²) in [6.07, 6.45) is 1.83. The monoisotopic (exact) mass is 308 g/mol. The molecule has 0 aliphatic carbocycles. The Kier molecular flexibility index (Phi) is 4.33. The highest BCUT2D eigenvalue weighted by Crippen LogP contribution is 2.18. The Morgan fingerprint density at radius 3 is 2.45 bits per heavy atom. The van der Waals surface area contributed by atoms with Gasteiger partial charge in [-0.15, -0.1) is 5.10 Å². The number of likely N-dealkylation sites (tertiary alicyclic amines) is 1. The fraction of sp³-hybridized carbons (Fsp3) is 0.467. The van der Waals surface area contributed by atoms with E-state index in [0.29, 0.717) is 24.0 Å². The number of hydrogen-bond acceptors (Lipinski definition) is 5. The summed E-state index contributed by atoms with van der Waals surface area (Å²) in [4.78, 5) is 2.19. The Hall–Kier alpha value is -2.02. The predicted octanol–water partition coefficient (Wildman–Crippen LogP) is 2.73. The Morgan fingerprint density at radius 2 is 1.86 bits per heavy atom. The molecular formula is C15H18F2N4O. The Bertz CT molecular complexity index is 618. The quantitative estimate of drug-likeness (QED) is 0.941. The molecule has 2 heterocycles. The number of nitrogens with one attached hydrogen (secondary N) is 1. The van der Waals surface area contributed by atoms with Crippen molar-refractivity contribution in [2.24, 2.45) is 0 Å². The lowest BCUT2D eigenvalue weighted by Gasteiger charge is -2.31. The van der Waals surface area contributed by atoms with Crippen LogP contribution in [0.5, 0.6) is 0 Å². The average molecular weight is 308 g/mol. The first-order chi connectivity index (χ1) is 10.6. The molecule has 7 heteroatoms. The molecule has 1 fully saturated rings. The van der Waals surface area contributed by atoms with Gasteiger partial charge in [-0.25, -0.2) is 8.78 Å². The maximum Gasteiger partial charge on any atom is 0.315 e. The Balaban J connectivity index is 1.51. The lowest BCUT2D eigenvalue weighted by molar-refractivity contribution is 0.209. The summed E-state index contributed by atoms with van der Waals surface area (Å²) in [7, 11) is 0. The molecule has 1 aromatic heterocycles. The second kappa shape index (κ2) is 6.39. The maximum atomic E-state index is 13.2. The number of halogens is 2. The first-order valence-corrected chi connectivity index (χ1v) is 7.32. The van der Waals surface area contributed by atoms with Crippen molar-refractivity contribution in [1.82, 2.24) is 15.1 Å². The van der Waals surface area contributed by atoms with Crippen molar-refractivity contribution in [2.45, 2.75) is 32.4 Å². The molecule has 0 spiro atoms. The minimum atomic E-state index is -0.529. The van der Waals surface area contributed by atoms with Crippen molar-refractivity contribution in [3.63, 3.8) is 0 Å². The fourth-order valence-corrected chi connectivity index (χ4v) is 2.73. The highest BCUT2D eigenvalue weighted by Gasteiger charge is 2.20. The SMILES string of the molecule is Cc1nnc(NC2CCN(Cc3cc(F)cc(F)c3)CC2)o1. The number of hydrogen-bond donors (Lipinski definition) is 1. The second-order valence-electron chi connectivity index (χ2n) is 5.60. The predicted molar refractivity (Wildman–Crippen MR) is 77.3 cm³/mol. The molecule has 1 aliphatic heterocycles. The Labute approximate surface area is 127 Å². The van der Waals surface area contributed by atoms with Gasteiger partial charge in [0.15, 0.2) is 0 Å². The lowest BCUT2D eigenvalue weighted by Crippen LogP contribution is -2.38. The van der Waals surface area contributed by atoms with Gasteiger partial charge in [0.1, 0.15) is 11.6 Å². The molecule has 118 valence electrons. The van der Waals surface area contributed by atoms with E-state index < -0.39 is 11.6 Å². The van der Waals surface area contributed by atoms with Crippen LogP contribution in [0.4, 0.5) is 14.8 Å². The number of nitrogens with zero attached hydrogens (tertiary/aromatic N) is 3. The summed E-state index contributed by atoms with van der Waals surface area (Å²) in [6.45, 7) is 4.01. The highest BCUT2D eigenvalue weighted by atomic mass is 19.1. The van der Waals surface area contributed by atoms with E-state index in [1.54, 1.807) is 6.92 Å². The van der Waals surface area contributed by atoms with Crippen molar-refractivity contribution in [1.29, 1.82) is 0 Å². The molecule has 3 rings (SSSR count). The van der Waals surface area contributed by atoms with E-state index in [2.05, 4.69) is 20.4 Å². The maximum absolute atomic E-state index is 13.2. The van der Waals surface area contributed by atoms with Crippen molar-refractivity contribution >= 4 is 6.01 Å². The van der Waals surface area contributed by atoms with Gasteiger partial charge < -0.3 is 9.73 Å². The highest BCUT2D eigenvalue weighted by molar-refractivity contribution is 5.20. The van der Waals surface area contributed by atoms with Crippen LogP contribution >= 0.6 is 0 Å². The molecule has 1 N–H and O–H groups in total. The Morgan fingerprint density at radius 1 is 1.18 bits per heavy atom. The standard InChI is InChI=1S/C15H18F2N4O/c1-10-19-20-15(22-10)18-14-2-4-21(5-3-14)9-11-6-12(16)8-13(17)7-11/h6-8,14H,2-5,9H2,1H3,(H,18,20). The first-order valence-electron chi connectivity index (χ1n) is 7.32. The van der Waals surface area contributed by atoms with Crippen LogP contribution in [0.15, 0.2) is 22.6 Å². The fourth-order valence-electron chi connectivity index (χ4n) is 2.73. The van der Waals surface area contributed by atoms with Gasteiger partial charge in [0.25, 0.3) is 0 Å². The number of aryl methyl sites for hydroxylation is 1. The normalized spacial score (nSPS) is 16.9. The number of aromatic nitrogens is 2. The summed E-state index contributed by atoms with van der Waals surface area (Å²) < 4.78 is 31.7. The second-order valence-corrected chi connectivity index (χ2v) is 5.60. The summed E-state index contributed by atoms with van der Waals surface area (Å²) in [5.74, 6) is -0.523. The number of anilines is 1. The zero-order chi connectivity index (χ0) is 15.5. The van der Waals surface area contributed by atoms with Gasteiger partial charge in [-0.3, -0.25) is 4.90 Å². The van der Waals surface area contributed by atoms with E-state index in [9.17, 15) is 8.78 Å². The van der Waals surface area contributed by atoms with E-state index >= 15 is 0 Å². The van der Waals surface area contributed by atoms with Crippen LogP contribution < -0.4 is 5.32 Å². The minimum absolute atomic E-state index is 0.278. The summed E-state index contributed by atoms with van der Waals surface area (Å²) in [5.41, 5.74) is 0.663. The lowest BCUT2D eigenvalue weighted by atomic mass is 10.0. The molecule has 0 saturated carbocycles. The van der Waals surface area contributed by atoms with Crippen LogP contribution in [-0.2, 0) is 6.54 Å². The van der Waals surface area contributed by atoms with Gasteiger partial charge >= 0.3 is 6.01 Å². The van der Waals surface area contributed by atoms with Gasteiger partial charge in [-0.05, 0) is 30.5 Å². The molecule has 1 aliphatic rings. The molecule has 22 heavy (non-hydrogen) atoms. The van der Waals surface area contributed by atoms with E-state index in [4.69, 9.17) is 4.42 Å². The van der Waals surface area contributed by atoms with E-state index in [1.807, 2.05) is 0 Å². The molecule has 0 unspecified atom stereocenters. The van der Waals surface area contributed by atoms with Gasteiger partial charge in [0.2, 0.25) is 5.89 Å². The number of piperidine rings is 1. The molecule has 5 nitrogen and oxygen atoms in total. The van der Waals surface area contributed by atoms with Crippen molar-refractivity contribution in [2.75, 3.05) is 18.4 Å². The molecular weight excluding hydrogens is 290 g/mol. The smallest absolute Gasteiger partial charge is 0.315 e. The molecule has 1 saturated heterocycles. The zero-order valence-corrected chi connectivity index (χ0v) is 12.4. The third-order valence-electron chi connectivity index (χ3n) is 3.77. The number of benzene rings is 1. The van der Waals surface area contributed by atoms with Crippen LogP contribution in [0.2, 0.25) is 0 Å². The topological polar surface area (TPSA) is 54.2 Å². The summed E-state index contributed by atoms with van der Waals surface area (Å²) in [5, 5.41) is 10.9. The number of rotatable bonds is 4. The molecule has 0 bridgehead atoms. The van der Waals surface area contributed by atoms with Gasteiger partial charge in [-0.2, -0.15) is 0 Å². The van der Waals surface area contributed by atoms with Crippen molar-refractivity contribution in [3.8, 4) is 0 Å². The van der Waals surface area contributed by atoms with Gasteiger partial charge in [0.05, 0.1) is 0 Å². The zero-order valence-electron chi connectivity index (χ0n) is 12.4. The van der Waals surface area contributed by atoms with Crippen LogP contribution in [0, 0.1) is 18.6 Å². The van der Waals surface area contributed by atoms with Gasteiger partial charge in [-0.1, -0.05) is 5.10 Å².